The fraction of sp³-hybridized carbons (Fsp3) is 0.296. The van der Waals surface area contributed by atoms with Crippen molar-refractivity contribution < 1.29 is 19.3 Å². The molecule has 0 bridgehead atoms. The number of aromatic nitrogens is 2. The molecule has 0 spiro atoms. The molecule has 4 atom stereocenters. The second-order valence-corrected chi connectivity index (χ2v) is 11.8. The highest BCUT2D eigenvalue weighted by Crippen LogP contribution is 2.43. The average Bonchev–Trinajstić information content (AvgIpc) is 3.38. The normalized spacial score (nSPS) is 23.1. The standard InChI is InChI=1S/C27H22Cl6N2O4/c1-27(36)24(38-12-15-3-5-17(29)9-20(15)31)22(13-37-11-14-2-4-16(28)8-19(14)30)39-26(27)35-7-6-18-21(35)10-23(32)34-25(18)33/h2-10,22,24,26,36H,11-13H2,1H3. The van der Waals surface area contributed by atoms with Crippen LogP contribution < -0.4 is 0 Å². The zero-order valence-electron chi connectivity index (χ0n) is 20.4. The molecule has 1 aliphatic rings. The topological polar surface area (TPSA) is 65.7 Å². The summed E-state index contributed by atoms with van der Waals surface area (Å²) in [6, 6.07) is 13.8. The van der Waals surface area contributed by atoms with Gasteiger partial charge in [-0.1, -0.05) is 81.7 Å². The predicted octanol–water partition coefficient (Wildman–Crippen LogP) is 8.41. The molecule has 1 fully saturated rings. The van der Waals surface area contributed by atoms with Gasteiger partial charge in [-0.3, -0.25) is 0 Å². The van der Waals surface area contributed by atoms with Crippen LogP contribution in [0.15, 0.2) is 54.7 Å². The van der Waals surface area contributed by atoms with E-state index in [4.69, 9.17) is 83.8 Å². The van der Waals surface area contributed by atoms with E-state index in [1.807, 2.05) is 0 Å². The zero-order valence-corrected chi connectivity index (χ0v) is 24.9. The van der Waals surface area contributed by atoms with E-state index in [2.05, 4.69) is 4.98 Å². The smallest absolute Gasteiger partial charge is 0.165 e. The Balaban J connectivity index is 1.42. The molecule has 2 aromatic carbocycles. The Morgan fingerprint density at radius 3 is 2.21 bits per heavy atom. The molecule has 0 radical (unpaired) electrons. The van der Waals surface area contributed by atoms with E-state index in [0.717, 1.165) is 5.56 Å². The number of benzene rings is 2. The number of ether oxygens (including phenoxy) is 3. The van der Waals surface area contributed by atoms with E-state index in [1.54, 1.807) is 66.2 Å². The van der Waals surface area contributed by atoms with E-state index in [0.29, 0.717) is 36.6 Å². The number of hydrogen-bond donors (Lipinski definition) is 1. The average molecular weight is 651 g/mol. The maximum atomic E-state index is 11.8. The van der Waals surface area contributed by atoms with E-state index in [-0.39, 0.29) is 30.1 Å². The van der Waals surface area contributed by atoms with Gasteiger partial charge in [0.05, 0.1) is 25.3 Å². The minimum atomic E-state index is -1.50. The summed E-state index contributed by atoms with van der Waals surface area (Å²) < 4.78 is 20.4. The molecule has 6 nitrogen and oxygen atoms in total. The number of halogens is 6. The number of hydrogen-bond acceptors (Lipinski definition) is 5. The second kappa shape index (κ2) is 11.9. The molecule has 3 heterocycles. The Morgan fingerprint density at radius 1 is 0.923 bits per heavy atom. The van der Waals surface area contributed by atoms with Crippen molar-refractivity contribution in [2.45, 2.75) is 44.2 Å². The molecule has 4 unspecified atom stereocenters. The van der Waals surface area contributed by atoms with Crippen LogP contribution >= 0.6 is 69.6 Å². The zero-order chi connectivity index (χ0) is 27.9. The highest BCUT2D eigenvalue weighted by Gasteiger charge is 2.54. The lowest BCUT2D eigenvalue weighted by molar-refractivity contribution is -0.113. The van der Waals surface area contributed by atoms with Crippen molar-refractivity contribution in [1.29, 1.82) is 0 Å². The van der Waals surface area contributed by atoms with E-state index in [1.165, 1.54) is 0 Å². The number of pyridine rings is 1. The number of nitrogens with zero attached hydrogens (tertiary/aromatic N) is 2. The highest BCUT2D eigenvalue weighted by atomic mass is 35.5. The van der Waals surface area contributed by atoms with Gasteiger partial charge in [0.25, 0.3) is 0 Å². The number of fused-ring (bicyclic) bond motifs is 1. The molecular weight excluding hydrogens is 629 g/mol. The van der Waals surface area contributed by atoms with Crippen LogP contribution in [0, 0.1) is 0 Å². The Kier molecular flexibility index (Phi) is 8.92. The van der Waals surface area contributed by atoms with Crippen LogP contribution in [-0.2, 0) is 27.4 Å². The van der Waals surface area contributed by atoms with Crippen molar-refractivity contribution in [3.63, 3.8) is 0 Å². The maximum absolute atomic E-state index is 11.8. The van der Waals surface area contributed by atoms with Crippen LogP contribution in [0.5, 0.6) is 0 Å². The first-order valence-corrected chi connectivity index (χ1v) is 14.1. The lowest BCUT2D eigenvalue weighted by Gasteiger charge is -2.31. The summed E-state index contributed by atoms with van der Waals surface area (Å²) in [5.41, 5.74) is 0.628. The second-order valence-electron chi connectivity index (χ2n) is 9.36. The fourth-order valence-corrected chi connectivity index (χ4v) is 6.08. The summed E-state index contributed by atoms with van der Waals surface area (Å²) >= 11 is 37.2. The molecule has 12 heteroatoms. The van der Waals surface area contributed by atoms with Gasteiger partial charge in [-0.15, -0.1) is 0 Å². The van der Waals surface area contributed by atoms with Crippen molar-refractivity contribution in [3.8, 4) is 0 Å². The monoisotopic (exact) mass is 648 g/mol. The fourth-order valence-electron chi connectivity index (χ4n) is 4.67. The third kappa shape index (κ3) is 6.16. The minimum absolute atomic E-state index is 0.104. The molecule has 0 aliphatic carbocycles. The van der Waals surface area contributed by atoms with Crippen molar-refractivity contribution in [1.82, 2.24) is 9.55 Å². The van der Waals surface area contributed by atoms with Gasteiger partial charge in [0.15, 0.2) is 6.23 Å². The van der Waals surface area contributed by atoms with Gasteiger partial charge in [0.2, 0.25) is 0 Å². The quantitative estimate of drug-likeness (QED) is 0.194. The molecule has 39 heavy (non-hydrogen) atoms. The number of aliphatic hydroxyl groups is 1. The molecule has 1 saturated heterocycles. The SMILES string of the molecule is CC1(O)C(OCc2ccc(Cl)cc2Cl)C(COCc2ccc(Cl)cc2Cl)OC1n1ccc2c(Cl)nc(Cl)cc21. The molecule has 206 valence electrons. The van der Waals surface area contributed by atoms with E-state index < -0.39 is 24.0 Å². The van der Waals surface area contributed by atoms with Crippen molar-refractivity contribution in [3.05, 3.63) is 96.3 Å². The minimum Gasteiger partial charge on any atom is -0.383 e. The predicted molar refractivity (Wildman–Crippen MR) is 155 cm³/mol. The van der Waals surface area contributed by atoms with Crippen molar-refractivity contribution in [2.24, 2.45) is 0 Å². The van der Waals surface area contributed by atoms with Crippen LogP contribution in [0.1, 0.15) is 24.3 Å². The van der Waals surface area contributed by atoms with Gasteiger partial charge in [-0.05, 0) is 54.4 Å². The molecule has 1 aliphatic heterocycles. The third-order valence-electron chi connectivity index (χ3n) is 6.60. The molecular formula is C27H22Cl6N2O4. The van der Waals surface area contributed by atoms with Gasteiger partial charge in [-0.2, -0.15) is 0 Å². The summed E-state index contributed by atoms with van der Waals surface area (Å²) in [5.74, 6) is 0. The van der Waals surface area contributed by atoms with Gasteiger partial charge < -0.3 is 23.9 Å². The number of rotatable bonds is 8. The van der Waals surface area contributed by atoms with Gasteiger partial charge in [0, 0.05) is 31.7 Å². The van der Waals surface area contributed by atoms with Gasteiger partial charge in [-0.25, -0.2) is 4.98 Å². The Labute approximate surface area is 255 Å². The van der Waals surface area contributed by atoms with Crippen LogP contribution in [0.25, 0.3) is 10.9 Å². The summed E-state index contributed by atoms with van der Waals surface area (Å²) in [6.07, 6.45) is -0.562. The Morgan fingerprint density at radius 2 is 1.56 bits per heavy atom. The Hall–Kier alpha value is -1.29. The first kappa shape index (κ1) is 29.2. The van der Waals surface area contributed by atoms with E-state index >= 15 is 0 Å². The van der Waals surface area contributed by atoms with Crippen molar-refractivity contribution in [2.75, 3.05) is 6.61 Å². The van der Waals surface area contributed by atoms with Crippen LogP contribution in [0.3, 0.4) is 0 Å². The third-order valence-corrected chi connectivity index (χ3v) is 8.25. The first-order valence-electron chi connectivity index (χ1n) is 11.8. The maximum Gasteiger partial charge on any atom is 0.165 e. The summed E-state index contributed by atoms with van der Waals surface area (Å²) in [7, 11) is 0. The van der Waals surface area contributed by atoms with Crippen molar-refractivity contribution >= 4 is 80.5 Å². The van der Waals surface area contributed by atoms with Crippen LogP contribution in [0.4, 0.5) is 0 Å². The van der Waals surface area contributed by atoms with E-state index in [9.17, 15) is 5.11 Å². The summed E-state index contributed by atoms with van der Waals surface area (Å²) in [6.45, 7) is 2.08. The van der Waals surface area contributed by atoms with Crippen LogP contribution in [0.2, 0.25) is 30.4 Å². The molecule has 0 saturated carbocycles. The molecule has 1 N–H and O–H groups in total. The molecule has 4 aromatic rings. The first-order chi connectivity index (χ1) is 18.5. The molecule has 5 rings (SSSR count). The highest BCUT2D eigenvalue weighted by molar-refractivity contribution is 6.36. The van der Waals surface area contributed by atoms with Gasteiger partial charge >= 0.3 is 0 Å². The summed E-state index contributed by atoms with van der Waals surface area (Å²) in [5, 5.41) is 15.0. The molecule has 2 aromatic heterocycles. The lowest BCUT2D eigenvalue weighted by atomic mass is 9.96. The molecule has 0 amide bonds. The van der Waals surface area contributed by atoms with Gasteiger partial charge in [0.1, 0.15) is 28.1 Å². The van der Waals surface area contributed by atoms with Crippen LogP contribution in [-0.4, -0.2) is 39.1 Å². The summed E-state index contributed by atoms with van der Waals surface area (Å²) in [4.78, 5) is 4.10. The lowest BCUT2D eigenvalue weighted by Crippen LogP contribution is -2.46. The largest absolute Gasteiger partial charge is 0.383 e. The Bertz CT molecular complexity index is 1510.